The van der Waals surface area contributed by atoms with Gasteiger partial charge in [0.1, 0.15) is 0 Å². The van der Waals surface area contributed by atoms with Crippen molar-refractivity contribution in [2.75, 3.05) is 6.54 Å². The molecule has 0 amide bonds. The molecule has 0 bridgehead atoms. The lowest BCUT2D eigenvalue weighted by molar-refractivity contribution is -0.140. The Morgan fingerprint density at radius 1 is 1.53 bits per heavy atom. The summed E-state index contributed by atoms with van der Waals surface area (Å²) < 4.78 is 0. The molecule has 0 aliphatic carbocycles. The summed E-state index contributed by atoms with van der Waals surface area (Å²) in [6, 6.07) is 5.77. The van der Waals surface area contributed by atoms with Gasteiger partial charge >= 0.3 is 5.97 Å². The van der Waals surface area contributed by atoms with Crippen LogP contribution in [-0.2, 0) is 4.79 Å². The van der Waals surface area contributed by atoms with Crippen LogP contribution in [0.15, 0.2) is 24.4 Å². The van der Waals surface area contributed by atoms with Crippen LogP contribution in [0.25, 0.3) is 0 Å². The monoisotopic (exact) mass is 208 g/mol. The number of nitrogens with zero attached hydrogens (tertiary/aromatic N) is 1. The minimum Gasteiger partial charge on any atom is -0.481 e. The predicted octanol–water partition coefficient (Wildman–Crippen LogP) is 1.45. The molecule has 82 valence electrons. The highest BCUT2D eigenvalue weighted by Crippen LogP contribution is 2.08. The molecular formula is C11H16N2O2. The van der Waals surface area contributed by atoms with Gasteiger partial charge in [-0.15, -0.1) is 0 Å². The summed E-state index contributed by atoms with van der Waals surface area (Å²) >= 11 is 0. The average molecular weight is 208 g/mol. The molecule has 1 unspecified atom stereocenters. The molecule has 0 aliphatic heterocycles. The van der Waals surface area contributed by atoms with Crippen LogP contribution >= 0.6 is 0 Å². The molecule has 1 heterocycles. The lowest BCUT2D eigenvalue weighted by Gasteiger charge is -2.14. The topological polar surface area (TPSA) is 62.2 Å². The van der Waals surface area contributed by atoms with Crippen LogP contribution in [0.5, 0.6) is 0 Å². The average Bonchev–Trinajstić information content (AvgIpc) is 2.26. The zero-order chi connectivity index (χ0) is 11.3. The molecule has 0 aromatic carbocycles. The highest BCUT2D eigenvalue weighted by Gasteiger charge is 2.12. The Labute approximate surface area is 89.3 Å². The van der Waals surface area contributed by atoms with Gasteiger partial charge in [0, 0.05) is 18.8 Å². The summed E-state index contributed by atoms with van der Waals surface area (Å²) in [5.74, 6) is -1.16. The van der Waals surface area contributed by atoms with Crippen LogP contribution in [0.1, 0.15) is 25.6 Å². The van der Waals surface area contributed by atoms with Crippen LogP contribution in [0, 0.1) is 5.92 Å². The van der Waals surface area contributed by atoms with Crippen LogP contribution < -0.4 is 5.32 Å². The molecule has 1 aromatic rings. The summed E-state index contributed by atoms with van der Waals surface area (Å²) in [6.07, 6.45) is 1.73. The van der Waals surface area contributed by atoms with Gasteiger partial charge in [0.15, 0.2) is 0 Å². The molecule has 0 radical (unpaired) electrons. The van der Waals surface area contributed by atoms with Gasteiger partial charge in [-0.25, -0.2) is 0 Å². The smallest absolute Gasteiger partial charge is 0.307 e. The third-order valence-corrected chi connectivity index (χ3v) is 2.28. The van der Waals surface area contributed by atoms with Crippen molar-refractivity contribution in [2.24, 2.45) is 5.92 Å². The summed E-state index contributed by atoms with van der Waals surface area (Å²) in [5, 5.41) is 11.8. The Morgan fingerprint density at radius 2 is 2.27 bits per heavy atom. The number of aliphatic carboxylic acids is 1. The minimum atomic E-state index is -0.782. The number of carboxylic acids is 1. The Hall–Kier alpha value is -1.42. The van der Waals surface area contributed by atoms with Gasteiger partial charge in [0.25, 0.3) is 0 Å². The number of aromatic nitrogens is 1. The molecule has 1 rings (SSSR count). The van der Waals surface area contributed by atoms with Gasteiger partial charge < -0.3 is 10.4 Å². The van der Waals surface area contributed by atoms with Gasteiger partial charge in [-0.3, -0.25) is 9.78 Å². The van der Waals surface area contributed by atoms with E-state index in [1.54, 1.807) is 13.1 Å². The zero-order valence-corrected chi connectivity index (χ0v) is 8.97. The van der Waals surface area contributed by atoms with Crippen molar-refractivity contribution in [3.05, 3.63) is 30.1 Å². The zero-order valence-electron chi connectivity index (χ0n) is 8.97. The Bertz CT molecular complexity index is 314. The van der Waals surface area contributed by atoms with E-state index in [0.29, 0.717) is 6.54 Å². The number of pyridine rings is 1. The molecule has 2 N–H and O–H groups in total. The first-order chi connectivity index (χ1) is 7.11. The Kier molecular flexibility index (Phi) is 4.24. The lowest BCUT2D eigenvalue weighted by atomic mass is 10.1. The van der Waals surface area contributed by atoms with Gasteiger partial charge in [-0.2, -0.15) is 0 Å². The van der Waals surface area contributed by atoms with Crippen molar-refractivity contribution < 1.29 is 9.90 Å². The first-order valence-corrected chi connectivity index (χ1v) is 4.98. The first-order valence-electron chi connectivity index (χ1n) is 4.98. The molecular weight excluding hydrogens is 192 g/mol. The maximum absolute atomic E-state index is 10.6. The predicted molar refractivity (Wildman–Crippen MR) is 57.5 cm³/mol. The van der Waals surface area contributed by atoms with E-state index in [0.717, 1.165) is 5.69 Å². The quantitative estimate of drug-likeness (QED) is 0.768. The van der Waals surface area contributed by atoms with Gasteiger partial charge in [0.2, 0.25) is 0 Å². The molecule has 15 heavy (non-hydrogen) atoms. The fraction of sp³-hybridized carbons (Fsp3) is 0.455. The number of hydrogen-bond donors (Lipinski definition) is 2. The van der Waals surface area contributed by atoms with E-state index in [1.165, 1.54) is 0 Å². The van der Waals surface area contributed by atoms with Crippen molar-refractivity contribution in [1.82, 2.24) is 10.3 Å². The third kappa shape index (κ3) is 3.67. The number of carboxylic acid groups (broad SMARTS) is 1. The minimum absolute atomic E-state index is 0.0769. The van der Waals surface area contributed by atoms with E-state index in [-0.39, 0.29) is 12.0 Å². The second-order valence-electron chi connectivity index (χ2n) is 3.62. The highest BCUT2D eigenvalue weighted by molar-refractivity contribution is 5.69. The normalized spacial score (nSPS) is 14.5. The number of nitrogens with one attached hydrogen (secondary N) is 1. The summed E-state index contributed by atoms with van der Waals surface area (Å²) in [5.41, 5.74) is 0.926. The molecule has 0 saturated carbocycles. The van der Waals surface area contributed by atoms with E-state index in [9.17, 15) is 4.79 Å². The molecule has 0 fully saturated rings. The molecule has 0 aliphatic rings. The SMILES string of the molecule is CC(CN[C@H](C)c1ccccn1)C(=O)O. The number of carbonyl (C=O) groups is 1. The fourth-order valence-corrected chi connectivity index (χ4v) is 1.18. The van der Waals surface area contributed by atoms with Crippen molar-refractivity contribution in [2.45, 2.75) is 19.9 Å². The van der Waals surface area contributed by atoms with Crippen LogP contribution in [-0.4, -0.2) is 22.6 Å². The van der Waals surface area contributed by atoms with E-state index in [4.69, 9.17) is 5.11 Å². The van der Waals surface area contributed by atoms with Crippen LogP contribution in [0.3, 0.4) is 0 Å². The maximum atomic E-state index is 10.6. The summed E-state index contributed by atoms with van der Waals surface area (Å²) in [4.78, 5) is 14.8. The fourth-order valence-electron chi connectivity index (χ4n) is 1.18. The lowest BCUT2D eigenvalue weighted by Crippen LogP contribution is -2.28. The number of hydrogen-bond acceptors (Lipinski definition) is 3. The summed E-state index contributed by atoms with van der Waals surface area (Å²) in [6.45, 7) is 4.10. The van der Waals surface area contributed by atoms with Crippen molar-refractivity contribution in [3.63, 3.8) is 0 Å². The summed E-state index contributed by atoms with van der Waals surface area (Å²) in [7, 11) is 0. The second-order valence-corrected chi connectivity index (χ2v) is 3.62. The van der Waals surface area contributed by atoms with Crippen molar-refractivity contribution >= 4 is 5.97 Å². The Balaban J connectivity index is 2.43. The first kappa shape index (κ1) is 11.7. The molecule has 4 nitrogen and oxygen atoms in total. The van der Waals surface area contributed by atoms with E-state index >= 15 is 0 Å². The Morgan fingerprint density at radius 3 is 2.80 bits per heavy atom. The van der Waals surface area contributed by atoms with Gasteiger partial charge in [-0.1, -0.05) is 13.0 Å². The van der Waals surface area contributed by atoms with Crippen LogP contribution in [0.4, 0.5) is 0 Å². The highest BCUT2D eigenvalue weighted by atomic mass is 16.4. The van der Waals surface area contributed by atoms with E-state index in [1.807, 2.05) is 25.1 Å². The second kappa shape index (κ2) is 5.46. The van der Waals surface area contributed by atoms with E-state index < -0.39 is 5.97 Å². The largest absolute Gasteiger partial charge is 0.481 e. The molecule has 0 spiro atoms. The molecule has 0 saturated heterocycles. The maximum Gasteiger partial charge on any atom is 0.307 e. The van der Waals surface area contributed by atoms with Gasteiger partial charge in [0.05, 0.1) is 11.6 Å². The third-order valence-electron chi connectivity index (χ3n) is 2.28. The van der Waals surface area contributed by atoms with Crippen molar-refractivity contribution in [1.29, 1.82) is 0 Å². The molecule has 1 aromatic heterocycles. The van der Waals surface area contributed by atoms with Gasteiger partial charge in [-0.05, 0) is 19.1 Å². The standard InChI is InChI=1S/C11H16N2O2/c1-8(11(14)15)7-13-9(2)10-5-3-4-6-12-10/h3-6,8-9,13H,7H2,1-2H3,(H,14,15)/t8?,9-/m1/s1. The number of rotatable bonds is 5. The molecule has 2 atom stereocenters. The van der Waals surface area contributed by atoms with E-state index in [2.05, 4.69) is 10.3 Å². The van der Waals surface area contributed by atoms with Crippen molar-refractivity contribution in [3.8, 4) is 0 Å². The van der Waals surface area contributed by atoms with Crippen LogP contribution in [0.2, 0.25) is 0 Å². The molecule has 4 heteroatoms.